The summed E-state index contributed by atoms with van der Waals surface area (Å²) >= 11 is 2.34. The van der Waals surface area contributed by atoms with Gasteiger partial charge in [0.15, 0.2) is 0 Å². The Morgan fingerprint density at radius 3 is 1.62 bits per heavy atom. The van der Waals surface area contributed by atoms with Crippen LogP contribution in [0.2, 0.25) is 0 Å². The van der Waals surface area contributed by atoms with E-state index in [0.29, 0.717) is 0 Å². The van der Waals surface area contributed by atoms with Gasteiger partial charge in [-0.2, -0.15) is 0 Å². The monoisotopic (exact) mass is 318 g/mol. The van der Waals surface area contributed by atoms with Gasteiger partial charge in [0.05, 0.1) is 0 Å². The zero-order valence-corrected chi connectivity index (χ0v) is 9.84. The first-order valence-electron chi connectivity index (χ1n) is 2.35. The zero-order valence-electron chi connectivity index (χ0n) is 5.51. The summed E-state index contributed by atoms with van der Waals surface area (Å²) in [5.41, 5.74) is 0. The Morgan fingerprint density at radius 2 is 1.62 bits per heavy atom. The van der Waals surface area contributed by atoms with E-state index in [1.165, 1.54) is 0 Å². The van der Waals surface area contributed by atoms with Crippen LogP contribution in [-0.2, 0) is 38.0 Å². The Kier molecular flexibility index (Phi) is 31.2. The van der Waals surface area contributed by atoms with Crippen molar-refractivity contribution < 1.29 is 38.0 Å². The van der Waals surface area contributed by atoms with Gasteiger partial charge in [-0.25, -0.2) is 0 Å². The molecular weight excluding hydrogens is 307 g/mol. The standard InChI is InChI=1S/C4H5.C2H6.V.W/c1-3-4-2;1-2;;/h1,3H,2H3;1-2H3;;/q-1;;;. The van der Waals surface area contributed by atoms with Gasteiger partial charge in [-0.1, -0.05) is 13.8 Å². The molecule has 0 aliphatic rings. The van der Waals surface area contributed by atoms with Gasteiger partial charge in [-0.15, -0.1) is 0 Å². The van der Waals surface area contributed by atoms with Crippen molar-refractivity contribution in [2.75, 3.05) is 0 Å². The van der Waals surface area contributed by atoms with E-state index in [1.807, 2.05) is 20.8 Å². The average molecular weight is 318 g/mol. The summed E-state index contributed by atoms with van der Waals surface area (Å²) in [7, 11) is 0. The Balaban J connectivity index is -0.0000000750. The molecule has 0 fully saturated rings. The fraction of sp³-hybridized carbons (Fsp3) is 0.500. The van der Waals surface area contributed by atoms with Crippen molar-refractivity contribution in [3.8, 4) is 0 Å². The molecule has 0 N–H and O–H groups in total. The van der Waals surface area contributed by atoms with E-state index >= 15 is 0 Å². The van der Waals surface area contributed by atoms with Crippen molar-refractivity contribution in [1.29, 1.82) is 0 Å². The minimum Gasteiger partial charge on any atom is 0 e. The molecule has 0 unspecified atom stereocenters. The van der Waals surface area contributed by atoms with E-state index in [4.69, 9.17) is 6.58 Å². The molecule has 2 heteroatoms. The Hall–Kier alpha value is 0.883. The SMILES string of the molecule is CC.[CH-]=C[C](C)=[V].[W]. The maximum Gasteiger partial charge on any atom is 0 e. The fourth-order valence-electron chi connectivity index (χ4n) is 0. The molecule has 0 aromatic carbocycles. The van der Waals surface area contributed by atoms with Crippen LogP contribution in [0, 0.1) is 6.58 Å². The van der Waals surface area contributed by atoms with E-state index < -0.39 is 0 Å². The van der Waals surface area contributed by atoms with E-state index in [0.717, 1.165) is 4.23 Å². The second-order valence-corrected chi connectivity index (χ2v) is 1.91. The van der Waals surface area contributed by atoms with Crippen LogP contribution < -0.4 is 0 Å². The maximum absolute atomic E-state index is 4.99. The molecule has 0 aromatic heterocycles. The molecule has 0 saturated carbocycles. The van der Waals surface area contributed by atoms with Crippen LogP contribution >= 0.6 is 0 Å². The Labute approximate surface area is 75.5 Å². The molecule has 0 radical (unpaired) electrons. The van der Waals surface area contributed by atoms with Gasteiger partial charge in [0.1, 0.15) is 0 Å². The summed E-state index contributed by atoms with van der Waals surface area (Å²) in [5.74, 6) is 0. The second-order valence-electron chi connectivity index (χ2n) is 0.808. The minimum atomic E-state index is 0. The molecule has 0 aliphatic carbocycles. The normalized spacial score (nSPS) is 4.75. The number of hydrogen-bond donors (Lipinski definition) is 0. The summed E-state index contributed by atoms with van der Waals surface area (Å²) in [5, 5.41) is 0. The van der Waals surface area contributed by atoms with Crippen molar-refractivity contribution in [3.63, 3.8) is 0 Å². The third kappa shape index (κ3) is 28.7. The largest absolute Gasteiger partial charge is 0 e. The van der Waals surface area contributed by atoms with Gasteiger partial charge in [-0.3, -0.25) is 0 Å². The molecule has 0 amide bonds. The van der Waals surface area contributed by atoms with Crippen molar-refractivity contribution in [2.24, 2.45) is 0 Å². The summed E-state index contributed by atoms with van der Waals surface area (Å²) in [6, 6.07) is 0. The van der Waals surface area contributed by atoms with Crippen LogP contribution in [-0.4, -0.2) is 4.23 Å². The van der Waals surface area contributed by atoms with Crippen molar-refractivity contribution in [2.45, 2.75) is 20.8 Å². The molecule has 0 saturated heterocycles. The maximum atomic E-state index is 4.99. The van der Waals surface area contributed by atoms with Gasteiger partial charge in [0.2, 0.25) is 0 Å². The third-order valence-electron chi connectivity index (χ3n) is 0.241. The molecule has 0 bridgehead atoms. The molecule has 0 nitrogen and oxygen atoms in total. The number of rotatable bonds is 1. The van der Waals surface area contributed by atoms with Crippen LogP contribution in [0.5, 0.6) is 0 Å². The van der Waals surface area contributed by atoms with Crippen molar-refractivity contribution in [3.05, 3.63) is 12.7 Å². The first-order chi connectivity index (χ1) is 3.27. The molecule has 0 spiro atoms. The Bertz CT molecular complexity index is 59.5. The molecule has 0 atom stereocenters. The smallest absolute Gasteiger partial charge is 0 e. The molecule has 47 valence electrons. The van der Waals surface area contributed by atoms with Crippen LogP contribution in [0.3, 0.4) is 0 Å². The summed E-state index contributed by atoms with van der Waals surface area (Å²) < 4.78 is 1.09. The third-order valence-corrected chi connectivity index (χ3v) is 0.474. The molecule has 0 heterocycles. The fourth-order valence-corrected chi connectivity index (χ4v) is 0. The van der Waals surface area contributed by atoms with Crippen LogP contribution in [0.4, 0.5) is 0 Å². The van der Waals surface area contributed by atoms with Crippen molar-refractivity contribution in [1.82, 2.24) is 0 Å². The topological polar surface area (TPSA) is 0 Å². The van der Waals surface area contributed by atoms with E-state index in [-0.39, 0.29) is 21.1 Å². The first kappa shape index (κ1) is 15.9. The summed E-state index contributed by atoms with van der Waals surface area (Å²) in [4.78, 5) is 0. The van der Waals surface area contributed by atoms with Gasteiger partial charge in [0.25, 0.3) is 0 Å². The first-order valence-corrected chi connectivity index (χ1v) is 3.04. The van der Waals surface area contributed by atoms with E-state index in [1.54, 1.807) is 6.08 Å². The molecule has 0 aliphatic heterocycles. The molecular formula is C6H11VW-. The molecule has 8 heavy (non-hydrogen) atoms. The average Bonchev–Trinajstić information content (AvgIpc) is 1.73. The molecule has 0 aromatic rings. The van der Waals surface area contributed by atoms with Gasteiger partial charge < -0.3 is 0 Å². The van der Waals surface area contributed by atoms with Gasteiger partial charge >= 0.3 is 40.8 Å². The predicted octanol–water partition coefficient (Wildman–Crippen LogP) is 1.74. The minimum absolute atomic E-state index is 0. The number of hydrogen-bond acceptors (Lipinski definition) is 0. The van der Waals surface area contributed by atoms with Crippen LogP contribution in [0.15, 0.2) is 6.08 Å². The molecule has 0 rings (SSSR count). The quantitative estimate of drug-likeness (QED) is 0.646. The summed E-state index contributed by atoms with van der Waals surface area (Å²) in [6.07, 6.45) is 1.56. The van der Waals surface area contributed by atoms with E-state index in [2.05, 4.69) is 17.0 Å². The van der Waals surface area contributed by atoms with Crippen molar-refractivity contribution >= 4 is 4.23 Å². The predicted molar refractivity (Wildman–Crippen MR) is 30.9 cm³/mol. The van der Waals surface area contributed by atoms with Gasteiger partial charge in [-0.05, 0) is 0 Å². The van der Waals surface area contributed by atoms with Crippen LogP contribution in [0.25, 0.3) is 0 Å². The van der Waals surface area contributed by atoms with E-state index in [9.17, 15) is 0 Å². The Morgan fingerprint density at radius 1 is 1.50 bits per heavy atom. The van der Waals surface area contributed by atoms with Crippen LogP contribution in [0.1, 0.15) is 20.8 Å². The zero-order chi connectivity index (χ0) is 6.28. The van der Waals surface area contributed by atoms with Gasteiger partial charge in [0, 0.05) is 21.1 Å². The summed E-state index contributed by atoms with van der Waals surface area (Å²) in [6.45, 7) is 10.9. The number of allylic oxidation sites excluding steroid dienone is 1. The second kappa shape index (κ2) is 15.7.